The third kappa shape index (κ3) is 4.45. The summed E-state index contributed by atoms with van der Waals surface area (Å²) in [5.74, 6) is 3.10. The van der Waals surface area contributed by atoms with Crippen molar-refractivity contribution in [2.45, 2.75) is 51.2 Å². The van der Waals surface area contributed by atoms with Gasteiger partial charge in [0.1, 0.15) is 17.1 Å². The predicted octanol–water partition coefficient (Wildman–Crippen LogP) is 2.61. The summed E-state index contributed by atoms with van der Waals surface area (Å²) in [6, 6.07) is 4.40. The molecule has 2 aromatic heterocycles. The number of fused-ring (bicyclic) bond motifs is 2. The number of rotatable bonds is 5. The largest absolute Gasteiger partial charge is 0.488 e. The van der Waals surface area contributed by atoms with Gasteiger partial charge in [-0.15, -0.1) is 0 Å². The van der Waals surface area contributed by atoms with E-state index < -0.39 is 0 Å². The molecule has 0 amide bonds. The summed E-state index contributed by atoms with van der Waals surface area (Å²) in [7, 11) is 1.78. The summed E-state index contributed by atoms with van der Waals surface area (Å²) < 4.78 is 19.5. The average Bonchev–Trinajstić information content (AvgIpc) is 3.36. The van der Waals surface area contributed by atoms with Crippen LogP contribution in [0.3, 0.4) is 0 Å². The molecule has 10 heteroatoms. The summed E-state index contributed by atoms with van der Waals surface area (Å²) in [6.45, 7) is 5.63. The van der Waals surface area contributed by atoms with Crippen LogP contribution in [-0.4, -0.2) is 64.6 Å². The molecule has 1 aromatic carbocycles. The lowest BCUT2D eigenvalue weighted by Crippen LogP contribution is -2.36. The molecule has 2 fully saturated rings. The fourth-order valence-corrected chi connectivity index (χ4v) is 5.42. The molecule has 1 saturated heterocycles. The van der Waals surface area contributed by atoms with Gasteiger partial charge in [-0.25, -0.2) is 15.0 Å². The Kier molecular flexibility index (Phi) is 6.12. The monoisotopic (exact) mass is 492 g/mol. The molecule has 2 aliphatic heterocycles. The minimum absolute atomic E-state index is 0.0654. The van der Waals surface area contributed by atoms with E-state index in [4.69, 9.17) is 14.2 Å². The number of benzene rings is 1. The molecule has 4 heterocycles. The number of anilines is 2. The maximum atomic E-state index is 12.4. The summed E-state index contributed by atoms with van der Waals surface area (Å²) in [5.41, 5.74) is 3.40. The van der Waals surface area contributed by atoms with Crippen molar-refractivity contribution in [2.24, 2.45) is 7.05 Å². The zero-order valence-electron chi connectivity index (χ0n) is 20.8. The van der Waals surface area contributed by atoms with Crippen LogP contribution in [0.4, 0.5) is 11.5 Å². The van der Waals surface area contributed by atoms with Crippen molar-refractivity contribution in [3.05, 3.63) is 40.2 Å². The van der Waals surface area contributed by atoms with E-state index in [-0.39, 0.29) is 11.7 Å². The Morgan fingerprint density at radius 3 is 2.69 bits per heavy atom. The first-order valence-corrected chi connectivity index (χ1v) is 12.8. The van der Waals surface area contributed by atoms with Crippen molar-refractivity contribution in [1.29, 1.82) is 0 Å². The lowest BCUT2D eigenvalue weighted by atomic mass is 9.93. The lowest BCUT2D eigenvalue weighted by molar-refractivity contribution is 0.122. The van der Waals surface area contributed by atoms with Gasteiger partial charge in [0, 0.05) is 44.4 Å². The van der Waals surface area contributed by atoms with E-state index in [0.29, 0.717) is 25.9 Å². The number of morpholine rings is 1. The second-order valence-corrected chi connectivity index (χ2v) is 9.80. The first-order chi connectivity index (χ1) is 17.5. The van der Waals surface area contributed by atoms with Crippen molar-refractivity contribution in [1.82, 2.24) is 19.5 Å². The van der Waals surface area contributed by atoms with Gasteiger partial charge in [-0.1, -0.05) is 0 Å². The molecule has 6 rings (SSSR count). The van der Waals surface area contributed by atoms with Crippen LogP contribution >= 0.6 is 0 Å². The SMILES string of the molecule is Cc1nc2c(c(NC3CCC(Oc4cc(N5CCOCC5)cc5ncc(=O)n(C)c45)CC3)n1)OCC2. The fourth-order valence-electron chi connectivity index (χ4n) is 5.42. The molecule has 1 saturated carbocycles. The van der Waals surface area contributed by atoms with Crippen LogP contribution in [-0.2, 0) is 18.2 Å². The molecular formula is C26H32N6O4. The Hall–Kier alpha value is -3.40. The van der Waals surface area contributed by atoms with Crippen LogP contribution < -0.4 is 25.2 Å². The van der Waals surface area contributed by atoms with Gasteiger partial charge in [0.25, 0.3) is 5.56 Å². The molecular weight excluding hydrogens is 460 g/mol. The minimum Gasteiger partial charge on any atom is -0.488 e. The van der Waals surface area contributed by atoms with E-state index in [1.54, 1.807) is 11.6 Å². The molecule has 1 N–H and O–H groups in total. The van der Waals surface area contributed by atoms with Gasteiger partial charge in [0.15, 0.2) is 11.6 Å². The Balaban J connectivity index is 1.20. The molecule has 3 aromatic rings. The molecule has 0 atom stereocenters. The molecule has 10 nitrogen and oxygen atoms in total. The van der Waals surface area contributed by atoms with Gasteiger partial charge < -0.3 is 29.0 Å². The van der Waals surface area contributed by atoms with Crippen LogP contribution in [0.1, 0.15) is 37.2 Å². The number of hydrogen-bond acceptors (Lipinski definition) is 9. The first kappa shape index (κ1) is 23.0. The lowest BCUT2D eigenvalue weighted by Gasteiger charge is -2.32. The van der Waals surface area contributed by atoms with E-state index >= 15 is 0 Å². The third-order valence-corrected chi connectivity index (χ3v) is 7.34. The van der Waals surface area contributed by atoms with Gasteiger partial charge in [-0.3, -0.25) is 4.79 Å². The highest BCUT2D eigenvalue weighted by molar-refractivity contribution is 5.86. The number of aryl methyl sites for hydroxylation is 2. The molecule has 3 aliphatic rings. The summed E-state index contributed by atoms with van der Waals surface area (Å²) >= 11 is 0. The Bertz CT molecular complexity index is 1330. The zero-order chi connectivity index (χ0) is 24.6. The maximum Gasteiger partial charge on any atom is 0.269 e. The van der Waals surface area contributed by atoms with Crippen molar-refractivity contribution >= 4 is 22.5 Å². The van der Waals surface area contributed by atoms with Crippen LogP contribution in [0.5, 0.6) is 11.5 Å². The number of hydrogen-bond donors (Lipinski definition) is 1. The highest BCUT2D eigenvalue weighted by Gasteiger charge is 2.27. The molecule has 0 radical (unpaired) electrons. The van der Waals surface area contributed by atoms with E-state index in [1.807, 2.05) is 13.0 Å². The molecule has 36 heavy (non-hydrogen) atoms. The van der Waals surface area contributed by atoms with Gasteiger partial charge in [0.2, 0.25) is 0 Å². The van der Waals surface area contributed by atoms with Gasteiger partial charge in [0.05, 0.1) is 43.3 Å². The normalized spacial score (nSPS) is 21.8. The third-order valence-electron chi connectivity index (χ3n) is 7.34. The second-order valence-electron chi connectivity index (χ2n) is 9.80. The van der Waals surface area contributed by atoms with E-state index in [0.717, 1.165) is 90.7 Å². The number of ether oxygens (including phenoxy) is 3. The molecule has 0 unspecified atom stereocenters. The van der Waals surface area contributed by atoms with E-state index in [1.165, 1.54) is 6.20 Å². The van der Waals surface area contributed by atoms with Crippen LogP contribution in [0.2, 0.25) is 0 Å². The molecule has 0 bridgehead atoms. The smallest absolute Gasteiger partial charge is 0.269 e. The Morgan fingerprint density at radius 1 is 1.08 bits per heavy atom. The van der Waals surface area contributed by atoms with Crippen molar-refractivity contribution in [3.63, 3.8) is 0 Å². The summed E-state index contributed by atoms with van der Waals surface area (Å²) in [6.07, 6.45) is 6.01. The highest BCUT2D eigenvalue weighted by atomic mass is 16.5. The predicted molar refractivity (Wildman–Crippen MR) is 136 cm³/mol. The van der Waals surface area contributed by atoms with Crippen molar-refractivity contribution in [3.8, 4) is 11.5 Å². The Labute approximate surface area is 209 Å². The van der Waals surface area contributed by atoms with Gasteiger partial charge in [-0.2, -0.15) is 0 Å². The summed E-state index contributed by atoms with van der Waals surface area (Å²) in [4.78, 5) is 28.2. The molecule has 0 spiro atoms. The number of aromatic nitrogens is 4. The second kappa shape index (κ2) is 9.57. The maximum absolute atomic E-state index is 12.4. The van der Waals surface area contributed by atoms with Crippen molar-refractivity contribution in [2.75, 3.05) is 43.1 Å². The molecule has 1 aliphatic carbocycles. The van der Waals surface area contributed by atoms with Crippen LogP contribution in [0.15, 0.2) is 23.1 Å². The highest BCUT2D eigenvalue weighted by Crippen LogP contribution is 2.35. The average molecular weight is 493 g/mol. The van der Waals surface area contributed by atoms with Crippen molar-refractivity contribution < 1.29 is 14.2 Å². The zero-order valence-corrected chi connectivity index (χ0v) is 20.8. The number of nitrogens with one attached hydrogen (secondary N) is 1. The standard InChI is InChI=1S/C26H32N6O4/c1-16-28-20-7-10-35-25(20)26(29-16)30-17-3-5-19(6-4-17)36-22-14-18(32-8-11-34-12-9-32)13-21-24(22)31(2)23(33)15-27-21/h13-15,17,19H,3-12H2,1-2H3,(H,28,29,30). The minimum atomic E-state index is -0.144. The quantitative estimate of drug-likeness (QED) is 0.576. The van der Waals surface area contributed by atoms with E-state index in [2.05, 4.69) is 31.2 Å². The Morgan fingerprint density at radius 2 is 1.89 bits per heavy atom. The first-order valence-electron chi connectivity index (χ1n) is 12.8. The fraction of sp³-hybridized carbons (Fsp3) is 0.538. The van der Waals surface area contributed by atoms with Crippen LogP contribution in [0.25, 0.3) is 11.0 Å². The van der Waals surface area contributed by atoms with Crippen LogP contribution in [0, 0.1) is 6.92 Å². The summed E-state index contributed by atoms with van der Waals surface area (Å²) in [5, 5.41) is 3.60. The number of nitrogens with zero attached hydrogens (tertiary/aromatic N) is 5. The topological polar surface area (TPSA) is 104 Å². The van der Waals surface area contributed by atoms with E-state index in [9.17, 15) is 4.79 Å². The molecule has 190 valence electrons. The van der Waals surface area contributed by atoms with Gasteiger partial charge >= 0.3 is 0 Å². The van der Waals surface area contributed by atoms with Gasteiger partial charge in [-0.05, 0) is 38.7 Å².